The molecule has 0 bridgehead atoms. The molecule has 4 heterocycles. The van der Waals surface area contributed by atoms with Crippen LogP contribution in [-0.2, 0) is 24.3 Å². The van der Waals surface area contributed by atoms with Crippen LogP contribution in [-0.4, -0.2) is 48.2 Å². The molecular weight excluding hydrogens is 344 g/mol. The van der Waals surface area contributed by atoms with Crippen molar-refractivity contribution in [1.82, 2.24) is 29.2 Å². The van der Waals surface area contributed by atoms with Crippen molar-refractivity contribution in [1.29, 1.82) is 0 Å². The molecule has 4 rings (SSSR count). The van der Waals surface area contributed by atoms with Crippen LogP contribution < -0.4 is 5.56 Å². The van der Waals surface area contributed by atoms with Gasteiger partial charge in [0.05, 0.1) is 0 Å². The second kappa shape index (κ2) is 7.62. The van der Waals surface area contributed by atoms with Crippen molar-refractivity contribution >= 4 is 5.91 Å². The van der Waals surface area contributed by atoms with Crippen molar-refractivity contribution in [3.8, 4) is 0 Å². The van der Waals surface area contributed by atoms with Crippen LogP contribution in [0, 0.1) is 6.92 Å². The first-order chi connectivity index (χ1) is 13.1. The molecule has 0 N–H and O–H groups in total. The topological polar surface area (TPSA) is 85.9 Å². The van der Waals surface area contributed by atoms with Crippen LogP contribution in [0.25, 0.3) is 0 Å². The fourth-order valence-corrected chi connectivity index (χ4v) is 4.40. The number of carbonyl (C=O) groups is 1. The summed E-state index contributed by atoms with van der Waals surface area (Å²) in [5, 5.41) is 4.07. The van der Waals surface area contributed by atoms with E-state index in [1.807, 2.05) is 11.8 Å². The summed E-state index contributed by atoms with van der Waals surface area (Å²) >= 11 is 0. The summed E-state index contributed by atoms with van der Waals surface area (Å²) in [4.78, 5) is 35.1. The summed E-state index contributed by atoms with van der Waals surface area (Å²) in [5.41, 5.74) is 1.77. The minimum absolute atomic E-state index is 0.102. The minimum Gasteiger partial charge on any atom is -0.342 e. The number of aryl methyl sites for hydroxylation is 2. The molecule has 2 aliphatic rings. The summed E-state index contributed by atoms with van der Waals surface area (Å²) in [6, 6.07) is 0. The SMILES string of the molecule is Cc1c([C@H]2CCCN(C(=O)CCCn3cncn3)C2)n2c(nc1=O)CCC2. The lowest BCUT2D eigenvalue weighted by atomic mass is 9.91. The van der Waals surface area contributed by atoms with Crippen LogP contribution >= 0.6 is 0 Å². The predicted octanol–water partition coefficient (Wildman–Crippen LogP) is 1.28. The first-order valence-corrected chi connectivity index (χ1v) is 9.84. The highest BCUT2D eigenvalue weighted by molar-refractivity contribution is 5.76. The lowest BCUT2D eigenvalue weighted by molar-refractivity contribution is -0.132. The van der Waals surface area contributed by atoms with Crippen molar-refractivity contribution in [3.05, 3.63) is 40.1 Å². The fourth-order valence-electron chi connectivity index (χ4n) is 4.40. The molecule has 1 fully saturated rings. The van der Waals surface area contributed by atoms with Crippen molar-refractivity contribution in [2.75, 3.05) is 13.1 Å². The van der Waals surface area contributed by atoms with E-state index in [1.54, 1.807) is 11.0 Å². The molecule has 27 heavy (non-hydrogen) atoms. The Kier molecular flexibility index (Phi) is 5.05. The number of piperidine rings is 1. The van der Waals surface area contributed by atoms with Gasteiger partial charge in [-0.05, 0) is 32.6 Å². The number of nitrogens with zero attached hydrogens (tertiary/aromatic N) is 6. The van der Waals surface area contributed by atoms with Gasteiger partial charge in [-0.15, -0.1) is 0 Å². The maximum Gasteiger partial charge on any atom is 0.276 e. The molecule has 2 aliphatic heterocycles. The number of fused-ring (bicyclic) bond motifs is 1. The van der Waals surface area contributed by atoms with E-state index >= 15 is 0 Å². The van der Waals surface area contributed by atoms with E-state index in [0.717, 1.165) is 62.3 Å². The van der Waals surface area contributed by atoms with Crippen LogP contribution in [0.15, 0.2) is 17.4 Å². The molecule has 8 heteroatoms. The second-order valence-corrected chi connectivity index (χ2v) is 7.54. The van der Waals surface area contributed by atoms with Crippen molar-refractivity contribution in [2.45, 2.75) is 64.5 Å². The summed E-state index contributed by atoms with van der Waals surface area (Å²) in [7, 11) is 0. The third-order valence-electron chi connectivity index (χ3n) is 5.73. The van der Waals surface area contributed by atoms with E-state index in [2.05, 4.69) is 19.6 Å². The van der Waals surface area contributed by atoms with E-state index in [9.17, 15) is 9.59 Å². The third kappa shape index (κ3) is 3.65. The largest absolute Gasteiger partial charge is 0.342 e. The van der Waals surface area contributed by atoms with Gasteiger partial charge < -0.3 is 9.47 Å². The maximum atomic E-state index is 12.7. The number of carbonyl (C=O) groups excluding carboxylic acids is 1. The minimum atomic E-state index is -0.102. The Hall–Kier alpha value is -2.51. The molecule has 0 saturated carbocycles. The Balaban J connectivity index is 1.44. The Morgan fingerprint density at radius 2 is 2.19 bits per heavy atom. The highest BCUT2D eigenvalue weighted by Crippen LogP contribution is 2.30. The van der Waals surface area contributed by atoms with Gasteiger partial charge in [-0.25, -0.2) is 4.98 Å². The van der Waals surface area contributed by atoms with Gasteiger partial charge in [0.2, 0.25) is 5.91 Å². The zero-order valence-electron chi connectivity index (χ0n) is 15.8. The van der Waals surface area contributed by atoms with E-state index in [0.29, 0.717) is 19.5 Å². The monoisotopic (exact) mass is 370 g/mol. The zero-order valence-corrected chi connectivity index (χ0v) is 15.8. The standard InChI is InChI=1S/C19H26N6O2/c1-14-18(25-10-3-6-16(25)22-19(14)27)15-5-2-8-23(11-15)17(26)7-4-9-24-13-20-12-21-24/h12-13,15H,2-11H2,1H3/t15-/m0/s1. The van der Waals surface area contributed by atoms with Gasteiger partial charge in [0.25, 0.3) is 5.56 Å². The number of likely N-dealkylation sites (tertiary alicyclic amines) is 1. The van der Waals surface area contributed by atoms with Crippen LogP contribution in [0.5, 0.6) is 0 Å². The average molecular weight is 370 g/mol. The van der Waals surface area contributed by atoms with Gasteiger partial charge in [-0.2, -0.15) is 10.1 Å². The van der Waals surface area contributed by atoms with Gasteiger partial charge in [0.1, 0.15) is 18.5 Å². The highest BCUT2D eigenvalue weighted by atomic mass is 16.2. The molecule has 0 aromatic carbocycles. The third-order valence-corrected chi connectivity index (χ3v) is 5.73. The molecule has 1 saturated heterocycles. The molecule has 144 valence electrons. The van der Waals surface area contributed by atoms with Crippen LogP contribution in [0.4, 0.5) is 0 Å². The smallest absolute Gasteiger partial charge is 0.276 e. The molecule has 0 spiro atoms. The van der Waals surface area contributed by atoms with Crippen LogP contribution in [0.3, 0.4) is 0 Å². The Labute approximate surface area is 158 Å². The average Bonchev–Trinajstić information content (AvgIpc) is 3.34. The summed E-state index contributed by atoms with van der Waals surface area (Å²) in [6.07, 6.45) is 8.37. The summed E-state index contributed by atoms with van der Waals surface area (Å²) in [6.45, 7) is 5.03. The molecular formula is C19H26N6O2. The number of hydrogen-bond acceptors (Lipinski definition) is 5. The van der Waals surface area contributed by atoms with Crippen molar-refractivity contribution in [2.24, 2.45) is 0 Å². The number of hydrogen-bond donors (Lipinski definition) is 0. The molecule has 0 unspecified atom stereocenters. The molecule has 0 aliphatic carbocycles. The molecule has 1 atom stereocenters. The molecule has 2 aromatic heterocycles. The van der Waals surface area contributed by atoms with Gasteiger partial charge in [0, 0.05) is 56.2 Å². The first-order valence-electron chi connectivity index (χ1n) is 9.84. The number of aromatic nitrogens is 5. The second-order valence-electron chi connectivity index (χ2n) is 7.54. The summed E-state index contributed by atoms with van der Waals surface area (Å²) in [5.74, 6) is 1.33. The quantitative estimate of drug-likeness (QED) is 0.791. The van der Waals surface area contributed by atoms with Crippen molar-refractivity contribution < 1.29 is 4.79 Å². The van der Waals surface area contributed by atoms with Gasteiger partial charge in [-0.1, -0.05) is 0 Å². The Morgan fingerprint density at radius 1 is 1.30 bits per heavy atom. The normalized spacial score (nSPS) is 19.3. The fraction of sp³-hybridized carbons (Fsp3) is 0.632. The van der Waals surface area contributed by atoms with E-state index < -0.39 is 0 Å². The molecule has 8 nitrogen and oxygen atoms in total. The first kappa shape index (κ1) is 17.9. The lowest BCUT2D eigenvalue weighted by Gasteiger charge is -2.34. The van der Waals surface area contributed by atoms with Crippen LogP contribution in [0.1, 0.15) is 55.1 Å². The number of amides is 1. The van der Waals surface area contributed by atoms with Crippen LogP contribution in [0.2, 0.25) is 0 Å². The molecule has 2 aromatic rings. The van der Waals surface area contributed by atoms with Crippen molar-refractivity contribution in [3.63, 3.8) is 0 Å². The molecule has 1 amide bonds. The number of rotatable bonds is 5. The lowest BCUT2D eigenvalue weighted by Crippen LogP contribution is -2.40. The maximum absolute atomic E-state index is 12.7. The van der Waals surface area contributed by atoms with Gasteiger partial charge in [-0.3, -0.25) is 14.3 Å². The van der Waals surface area contributed by atoms with E-state index in [1.165, 1.54) is 6.33 Å². The van der Waals surface area contributed by atoms with Gasteiger partial charge >= 0.3 is 0 Å². The van der Waals surface area contributed by atoms with E-state index in [4.69, 9.17) is 0 Å². The van der Waals surface area contributed by atoms with E-state index in [-0.39, 0.29) is 17.4 Å². The molecule has 0 radical (unpaired) electrons. The Morgan fingerprint density at radius 3 is 3.00 bits per heavy atom. The highest BCUT2D eigenvalue weighted by Gasteiger charge is 2.30. The predicted molar refractivity (Wildman–Crippen MR) is 99.4 cm³/mol. The van der Waals surface area contributed by atoms with Gasteiger partial charge in [0.15, 0.2) is 0 Å². The summed E-state index contributed by atoms with van der Waals surface area (Å²) < 4.78 is 3.99. The Bertz CT molecular complexity index is 873. The zero-order chi connectivity index (χ0) is 18.8.